The first-order valence-electron chi connectivity index (χ1n) is 9.18. The molecule has 3 rings (SSSR count). The SMILES string of the molecule is CN=C1NC(=O)C(=Cc2ccc(OCc3ccc(C(F)(F)F)cc3C(F)(F)F)cc2OC)S1. The molecule has 0 atom stereocenters. The maximum atomic E-state index is 13.3. The first kappa shape index (κ1) is 24.5. The molecule has 5 nitrogen and oxygen atoms in total. The Morgan fingerprint density at radius 3 is 2.36 bits per heavy atom. The minimum atomic E-state index is -4.99. The Labute approximate surface area is 188 Å². The van der Waals surface area contributed by atoms with Crippen LogP contribution in [0.2, 0.25) is 0 Å². The third-order valence-corrected chi connectivity index (χ3v) is 5.48. The molecule has 0 bridgehead atoms. The quantitative estimate of drug-likeness (QED) is 0.444. The molecule has 1 aliphatic heterocycles. The summed E-state index contributed by atoms with van der Waals surface area (Å²) in [6, 6.07) is 5.75. The number of carbonyl (C=O) groups is 1. The van der Waals surface area contributed by atoms with Gasteiger partial charge in [-0.05, 0) is 42.1 Å². The molecule has 1 aliphatic rings. The number of nitrogens with zero attached hydrogens (tertiary/aromatic N) is 1. The lowest BCUT2D eigenvalue weighted by molar-refractivity contribution is -0.143. The molecule has 12 heteroatoms. The average Bonchev–Trinajstić information content (AvgIpc) is 3.11. The van der Waals surface area contributed by atoms with Gasteiger partial charge < -0.3 is 14.8 Å². The van der Waals surface area contributed by atoms with E-state index in [4.69, 9.17) is 9.47 Å². The molecular weight excluding hydrogens is 474 g/mol. The minimum Gasteiger partial charge on any atom is -0.496 e. The fourth-order valence-electron chi connectivity index (χ4n) is 2.88. The van der Waals surface area contributed by atoms with Gasteiger partial charge >= 0.3 is 12.4 Å². The number of rotatable bonds is 5. The number of thioether (sulfide) groups is 1. The number of methoxy groups -OCH3 is 1. The van der Waals surface area contributed by atoms with Gasteiger partial charge in [0.05, 0.1) is 23.1 Å². The Balaban J connectivity index is 1.83. The van der Waals surface area contributed by atoms with Crippen LogP contribution in [0.25, 0.3) is 6.08 Å². The highest BCUT2D eigenvalue weighted by Crippen LogP contribution is 2.38. The second-order valence-electron chi connectivity index (χ2n) is 6.65. The molecular formula is C21H16F6N2O3S. The van der Waals surface area contributed by atoms with Crippen LogP contribution < -0.4 is 14.8 Å². The van der Waals surface area contributed by atoms with E-state index in [1.54, 1.807) is 6.08 Å². The van der Waals surface area contributed by atoms with Crippen molar-refractivity contribution in [1.29, 1.82) is 0 Å². The molecule has 0 radical (unpaired) electrons. The largest absolute Gasteiger partial charge is 0.496 e. The molecule has 0 spiro atoms. The number of carbonyl (C=O) groups excluding carboxylic acids is 1. The second-order valence-corrected chi connectivity index (χ2v) is 7.68. The summed E-state index contributed by atoms with van der Waals surface area (Å²) >= 11 is 1.13. The van der Waals surface area contributed by atoms with Gasteiger partial charge in [-0.3, -0.25) is 9.79 Å². The Morgan fingerprint density at radius 1 is 1.06 bits per heavy atom. The summed E-state index contributed by atoms with van der Waals surface area (Å²) in [5, 5.41) is 3.00. The van der Waals surface area contributed by atoms with E-state index in [0.29, 0.717) is 21.7 Å². The van der Waals surface area contributed by atoms with Gasteiger partial charge in [-0.2, -0.15) is 26.3 Å². The number of halogens is 6. The normalized spacial score (nSPS) is 16.9. The molecule has 176 valence electrons. The monoisotopic (exact) mass is 490 g/mol. The molecule has 1 fully saturated rings. The van der Waals surface area contributed by atoms with Gasteiger partial charge in [-0.25, -0.2) is 0 Å². The van der Waals surface area contributed by atoms with Crippen molar-refractivity contribution in [3.8, 4) is 11.5 Å². The number of nitrogens with one attached hydrogen (secondary N) is 1. The van der Waals surface area contributed by atoms with Crippen LogP contribution in [0.5, 0.6) is 11.5 Å². The van der Waals surface area contributed by atoms with Crippen molar-refractivity contribution in [2.75, 3.05) is 14.2 Å². The fourth-order valence-corrected chi connectivity index (χ4v) is 3.65. The maximum absolute atomic E-state index is 13.3. The number of aliphatic imine (C=N–C) groups is 1. The summed E-state index contributed by atoms with van der Waals surface area (Å²) in [5.74, 6) is 0.0603. The van der Waals surface area contributed by atoms with E-state index >= 15 is 0 Å². The minimum absolute atomic E-state index is 0.0622. The number of benzene rings is 2. The lowest BCUT2D eigenvalue weighted by Crippen LogP contribution is -2.19. The number of ether oxygens (including phenoxy) is 2. The highest BCUT2D eigenvalue weighted by atomic mass is 32.2. The van der Waals surface area contributed by atoms with Crippen molar-refractivity contribution >= 4 is 28.9 Å². The van der Waals surface area contributed by atoms with Crippen molar-refractivity contribution in [3.05, 3.63) is 63.6 Å². The Kier molecular flexibility index (Phi) is 6.96. The van der Waals surface area contributed by atoms with Gasteiger partial charge in [0.25, 0.3) is 5.91 Å². The predicted octanol–water partition coefficient (Wildman–Crippen LogP) is 5.50. The summed E-state index contributed by atoms with van der Waals surface area (Å²) in [6.07, 6.45) is -8.35. The van der Waals surface area contributed by atoms with E-state index in [2.05, 4.69) is 10.3 Å². The molecule has 1 amide bonds. The third-order valence-electron chi connectivity index (χ3n) is 4.48. The van der Waals surface area contributed by atoms with Crippen molar-refractivity contribution in [2.24, 2.45) is 4.99 Å². The van der Waals surface area contributed by atoms with Crippen molar-refractivity contribution in [1.82, 2.24) is 5.32 Å². The summed E-state index contributed by atoms with van der Waals surface area (Å²) in [5.41, 5.74) is -2.78. The zero-order chi connectivity index (χ0) is 24.4. The van der Waals surface area contributed by atoms with E-state index < -0.39 is 35.6 Å². The van der Waals surface area contributed by atoms with E-state index in [9.17, 15) is 31.1 Å². The standard InChI is InChI=1S/C21H16F6N2O3S/c1-28-19-29-18(30)17(33-19)7-11-4-6-14(9-16(11)31-2)32-10-12-3-5-13(20(22,23)24)8-15(12)21(25,26)27/h3-9H,10H2,1-2H3,(H,28,29,30). The molecule has 0 aromatic heterocycles. The van der Waals surface area contributed by atoms with Gasteiger partial charge in [0.1, 0.15) is 18.1 Å². The molecule has 1 saturated heterocycles. The van der Waals surface area contributed by atoms with E-state index in [0.717, 1.165) is 17.8 Å². The third kappa shape index (κ3) is 5.81. The van der Waals surface area contributed by atoms with Gasteiger partial charge in [0.15, 0.2) is 5.17 Å². The number of alkyl halides is 6. The summed E-state index contributed by atoms with van der Waals surface area (Å²) < 4.78 is 89.0. The van der Waals surface area contributed by atoms with Crippen LogP contribution in [0, 0.1) is 0 Å². The van der Waals surface area contributed by atoms with Gasteiger partial charge in [-0.15, -0.1) is 0 Å². The van der Waals surface area contributed by atoms with Crippen LogP contribution in [-0.2, 0) is 23.8 Å². The van der Waals surface area contributed by atoms with Crippen molar-refractivity contribution in [2.45, 2.75) is 19.0 Å². The highest BCUT2D eigenvalue weighted by molar-refractivity contribution is 8.18. The summed E-state index contributed by atoms with van der Waals surface area (Å²) in [6.45, 7) is -0.620. The van der Waals surface area contributed by atoms with E-state index in [-0.39, 0.29) is 23.5 Å². The zero-order valence-corrected chi connectivity index (χ0v) is 17.9. The number of hydrogen-bond acceptors (Lipinski definition) is 5. The zero-order valence-electron chi connectivity index (χ0n) is 17.1. The Hall–Kier alpha value is -3.15. The molecule has 0 saturated carbocycles. The molecule has 33 heavy (non-hydrogen) atoms. The van der Waals surface area contributed by atoms with Crippen LogP contribution in [-0.4, -0.2) is 25.2 Å². The summed E-state index contributed by atoms with van der Waals surface area (Å²) in [4.78, 5) is 16.2. The van der Waals surface area contributed by atoms with Crippen LogP contribution in [0.3, 0.4) is 0 Å². The Bertz CT molecular complexity index is 1130. The molecule has 2 aromatic rings. The summed E-state index contributed by atoms with van der Waals surface area (Å²) in [7, 11) is 2.89. The molecule has 1 N–H and O–H groups in total. The predicted molar refractivity (Wildman–Crippen MR) is 111 cm³/mol. The lowest BCUT2D eigenvalue weighted by atomic mass is 10.0. The highest BCUT2D eigenvalue weighted by Gasteiger charge is 2.38. The van der Waals surface area contributed by atoms with Gasteiger partial charge in [-0.1, -0.05) is 6.07 Å². The topological polar surface area (TPSA) is 59.9 Å². The number of amides is 1. The second kappa shape index (κ2) is 9.38. The van der Waals surface area contributed by atoms with Crippen molar-refractivity contribution < 1.29 is 40.6 Å². The van der Waals surface area contributed by atoms with Crippen molar-refractivity contribution in [3.63, 3.8) is 0 Å². The molecule has 2 aromatic carbocycles. The Morgan fingerprint density at radius 2 is 1.79 bits per heavy atom. The molecule has 0 aliphatic carbocycles. The maximum Gasteiger partial charge on any atom is 0.416 e. The molecule has 1 heterocycles. The van der Waals surface area contributed by atoms with Crippen LogP contribution >= 0.6 is 11.8 Å². The van der Waals surface area contributed by atoms with Crippen LogP contribution in [0.1, 0.15) is 22.3 Å². The van der Waals surface area contributed by atoms with Gasteiger partial charge in [0.2, 0.25) is 0 Å². The number of amidine groups is 1. The van der Waals surface area contributed by atoms with Gasteiger partial charge in [0, 0.05) is 24.2 Å². The van der Waals surface area contributed by atoms with E-state index in [1.165, 1.54) is 32.4 Å². The average molecular weight is 490 g/mol. The fraction of sp³-hybridized carbons (Fsp3) is 0.238. The first-order valence-corrected chi connectivity index (χ1v) is 10.00. The number of hydrogen-bond donors (Lipinski definition) is 1. The first-order chi connectivity index (χ1) is 15.4. The molecule has 0 unspecified atom stereocenters. The van der Waals surface area contributed by atoms with E-state index in [1.807, 2.05) is 0 Å². The smallest absolute Gasteiger partial charge is 0.416 e. The van der Waals surface area contributed by atoms with Crippen LogP contribution in [0.15, 0.2) is 46.3 Å². The lowest BCUT2D eigenvalue weighted by Gasteiger charge is -2.17. The van der Waals surface area contributed by atoms with Crippen LogP contribution in [0.4, 0.5) is 26.3 Å².